The number of pyridine rings is 1. The maximum absolute atomic E-state index is 12.6. The van der Waals surface area contributed by atoms with Gasteiger partial charge in [-0.25, -0.2) is 0 Å². The van der Waals surface area contributed by atoms with Crippen molar-refractivity contribution >= 4 is 28.4 Å². The molecule has 130 valence electrons. The summed E-state index contributed by atoms with van der Waals surface area (Å²) < 4.78 is 0. The number of para-hydroxylation sites is 1. The number of benzene rings is 1. The van der Waals surface area contributed by atoms with Crippen molar-refractivity contribution in [2.45, 2.75) is 25.7 Å². The molecule has 1 fully saturated rings. The fraction of sp³-hybridized carbons (Fsp3) is 0.350. The summed E-state index contributed by atoms with van der Waals surface area (Å²) in [5, 5.41) is 6.86. The molecule has 2 amide bonds. The first-order valence-electron chi connectivity index (χ1n) is 8.72. The Labute approximate surface area is 147 Å². The molecule has 1 aromatic heterocycles. The van der Waals surface area contributed by atoms with Gasteiger partial charge in [-0.05, 0) is 37.8 Å². The second kappa shape index (κ2) is 7.92. The molecular weight excluding hydrogens is 314 g/mol. The van der Waals surface area contributed by atoms with E-state index in [1.807, 2.05) is 30.3 Å². The summed E-state index contributed by atoms with van der Waals surface area (Å²) in [4.78, 5) is 29.0. The number of carbonyl (C=O) groups is 2. The van der Waals surface area contributed by atoms with Gasteiger partial charge in [0.2, 0.25) is 11.8 Å². The Kier molecular flexibility index (Phi) is 5.43. The van der Waals surface area contributed by atoms with Crippen LogP contribution < -0.4 is 10.6 Å². The van der Waals surface area contributed by atoms with Crippen LogP contribution in [0.25, 0.3) is 10.9 Å². The minimum atomic E-state index is -0.0533. The zero-order valence-corrected chi connectivity index (χ0v) is 14.2. The van der Waals surface area contributed by atoms with E-state index in [0.29, 0.717) is 6.54 Å². The molecule has 2 aromatic rings. The van der Waals surface area contributed by atoms with Gasteiger partial charge in [-0.2, -0.15) is 0 Å². The second-order valence-electron chi connectivity index (χ2n) is 6.45. The van der Waals surface area contributed by atoms with Gasteiger partial charge in [0.1, 0.15) is 0 Å². The van der Waals surface area contributed by atoms with Crippen molar-refractivity contribution < 1.29 is 9.59 Å². The van der Waals surface area contributed by atoms with Crippen LogP contribution in [0.15, 0.2) is 49.2 Å². The van der Waals surface area contributed by atoms with E-state index in [1.54, 1.807) is 12.3 Å². The first-order valence-corrected chi connectivity index (χ1v) is 8.72. The number of aromatic nitrogens is 1. The zero-order valence-electron chi connectivity index (χ0n) is 14.2. The Morgan fingerprint density at radius 1 is 1.08 bits per heavy atom. The number of hydrogen-bond acceptors (Lipinski definition) is 3. The molecule has 0 unspecified atom stereocenters. The molecular formula is C20H23N3O2. The van der Waals surface area contributed by atoms with Crippen LogP contribution in [0.1, 0.15) is 25.7 Å². The highest BCUT2D eigenvalue weighted by atomic mass is 16.2. The normalized spacial score (nSPS) is 20.0. The predicted molar refractivity (Wildman–Crippen MR) is 99.0 cm³/mol. The topological polar surface area (TPSA) is 71.1 Å². The van der Waals surface area contributed by atoms with E-state index < -0.39 is 0 Å². The maximum atomic E-state index is 12.6. The molecule has 0 aliphatic heterocycles. The Morgan fingerprint density at radius 3 is 2.48 bits per heavy atom. The van der Waals surface area contributed by atoms with Gasteiger partial charge in [0.25, 0.3) is 0 Å². The smallest absolute Gasteiger partial charge is 0.227 e. The monoisotopic (exact) mass is 337 g/mol. The van der Waals surface area contributed by atoms with Gasteiger partial charge in [0, 0.05) is 30.0 Å². The fourth-order valence-electron chi connectivity index (χ4n) is 3.37. The van der Waals surface area contributed by atoms with Crippen LogP contribution in [0, 0.1) is 11.8 Å². The second-order valence-corrected chi connectivity index (χ2v) is 6.45. The van der Waals surface area contributed by atoms with Crippen LogP contribution >= 0.6 is 0 Å². The molecule has 1 aliphatic carbocycles. The van der Waals surface area contributed by atoms with Gasteiger partial charge in [-0.1, -0.05) is 24.3 Å². The van der Waals surface area contributed by atoms with Gasteiger partial charge in [-0.15, -0.1) is 6.58 Å². The largest absolute Gasteiger partial charge is 0.352 e. The zero-order chi connectivity index (χ0) is 17.6. The summed E-state index contributed by atoms with van der Waals surface area (Å²) >= 11 is 0. The van der Waals surface area contributed by atoms with Crippen molar-refractivity contribution in [3.05, 3.63) is 49.2 Å². The number of nitrogens with zero attached hydrogens (tertiary/aromatic N) is 1. The molecule has 3 rings (SSSR count). The van der Waals surface area contributed by atoms with E-state index >= 15 is 0 Å². The molecule has 5 nitrogen and oxygen atoms in total. The summed E-state index contributed by atoms with van der Waals surface area (Å²) in [5.41, 5.74) is 1.55. The number of amides is 2. The summed E-state index contributed by atoms with van der Waals surface area (Å²) in [7, 11) is 0. The first kappa shape index (κ1) is 17.1. The van der Waals surface area contributed by atoms with Crippen molar-refractivity contribution in [2.75, 3.05) is 11.9 Å². The molecule has 0 radical (unpaired) electrons. The minimum Gasteiger partial charge on any atom is -0.352 e. The Morgan fingerprint density at radius 2 is 1.76 bits per heavy atom. The summed E-state index contributed by atoms with van der Waals surface area (Å²) in [6.45, 7) is 4.10. The van der Waals surface area contributed by atoms with E-state index in [-0.39, 0.29) is 23.7 Å². The number of fused-ring (bicyclic) bond motifs is 1. The quantitative estimate of drug-likeness (QED) is 0.823. The summed E-state index contributed by atoms with van der Waals surface area (Å²) in [6.07, 6.45) is 6.36. The molecule has 5 heteroatoms. The third-order valence-corrected chi connectivity index (χ3v) is 4.78. The molecule has 0 spiro atoms. The summed E-state index contributed by atoms with van der Waals surface area (Å²) in [6, 6.07) is 9.63. The van der Waals surface area contributed by atoms with Gasteiger partial charge in [-0.3, -0.25) is 14.6 Å². The van der Waals surface area contributed by atoms with Crippen molar-refractivity contribution in [3.8, 4) is 0 Å². The number of anilines is 1. The highest BCUT2D eigenvalue weighted by Gasteiger charge is 2.29. The van der Waals surface area contributed by atoms with Gasteiger partial charge in [0.15, 0.2) is 0 Å². The average Bonchev–Trinajstić information content (AvgIpc) is 2.66. The highest BCUT2D eigenvalue weighted by Crippen LogP contribution is 2.30. The minimum absolute atomic E-state index is 0.00298. The Balaban J connectivity index is 1.59. The van der Waals surface area contributed by atoms with Crippen LogP contribution in [0.5, 0.6) is 0 Å². The molecule has 2 N–H and O–H groups in total. The standard InChI is InChI=1S/C20H23N3O2/c1-2-12-22-19(24)15-8-10-16(11-9-15)20(25)23-17-7-3-5-14-6-4-13-21-18(14)17/h2-7,13,15-16H,1,8-12H2,(H,22,24)(H,23,25). The molecule has 1 heterocycles. The fourth-order valence-corrected chi connectivity index (χ4v) is 3.37. The number of nitrogens with one attached hydrogen (secondary N) is 2. The summed E-state index contributed by atoms with van der Waals surface area (Å²) in [5.74, 6) is 0.0331. The lowest BCUT2D eigenvalue weighted by Gasteiger charge is -2.27. The van der Waals surface area contributed by atoms with E-state index in [2.05, 4.69) is 22.2 Å². The Hall–Kier alpha value is -2.69. The van der Waals surface area contributed by atoms with E-state index in [9.17, 15) is 9.59 Å². The van der Waals surface area contributed by atoms with Gasteiger partial charge >= 0.3 is 0 Å². The van der Waals surface area contributed by atoms with Crippen molar-refractivity contribution in [1.82, 2.24) is 10.3 Å². The van der Waals surface area contributed by atoms with Gasteiger partial charge < -0.3 is 10.6 Å². The van der Waals surface area contributed by atoms with Crippen LogP contribution in [-0.2, 0) is 9.59 Å². The number of carbonyl (C=O) groups excluding carboxylic acids is 2. The van der Waals surface area contributed by atoms with E-state index in [1.165, 1.54) is 0 Å². The van der Waals surface area contributed by atoms with Crippen LogP contribution in [0.2, 0.25) is 0 Å². The lowest BCUT2D eigenvalue weighted by atomic mass is 9.81. The van der Waals surface area contributed by atoms with Crippen LogP contribution in [0.4, 0.5) is 5.69 Å². The molecule has 1 saturated carbocycles. The van der Waals surface area contributed by atoms with Crippen molar-refractivity contribution in [1.29, 1.82) is 0 Å². The first-order chi connectivity index (χ1) is 12.2. The molecule has 1 aliphatic rings. The molecule has 25 heavy (non-hydrogen) atoms. The van der Waals surface area contributed by atoms with Crippen molar-refractivity contribution in [3.63, 3.8) is 0 Å². The third-order valence-electron chi connectivity index (χ3n) is 4.78. The van der Waals surface area contributed by atoms with E-state index in [4.69, 9.17) is 0 Å². The van der Waals surface area contributed by atoms with Gasteiger partial charge in [0.05, 0.1) is 11.2 Å². The lowest BCUT2D eigenvalue weighted by Crippen LogP contribution is -2.35. The predicted octanol–water partition coefficient (Wildman–Crippen LogP) is 3.28. The molecule has 0 atom stereocenters. The molecule has 0 saturated heterocycles. The highest BCUT2D eigenvalue weighted by molar-refractivity contribution is 6.01. The Bertz CT molecular complexity index is 774. The molecule has 1 aromatic carbocycles. The lowest BCUT2D eigenvalue weighted by molar-refractivity contribution is -0.128. The number of rotatable bonds is 5. The third kappa shape index (κ3) is 4.05. The maximum Gasteiger partial charge on any atom is 0.227 e. The molecule has 0 bridgehead atoms. The van der Waals surface area contributed by atoms with Crippen LogP contribution in [-0.4, -0.2) is 23.3 Å². The van der Waals surface area contributed by atoms with Crippen LogP contribution in [0.3, 0.4) is 0 Å². The average molecular weight is 337 g/mol. The number of hydrogen-bond donors (Lipinski definition) is 2. The van der Waals surface area contributed by atoms with Crippen molar-refractivity contribution in [2.24, 2.45) is 11.8 Å². The van der Waals surface area contributed by atoms with E-state index in [0.717, 1.165) is 42.3 Å². The SMILES string of the molecule is C=CCNC(=O)C1CCC(C(=O)Nc2cccc3cccnc23)CC1.